The average molecular weight is 240 g/mol. The van der Waals surface area contributed by atoms with Gasteiger partial charge in [0.25, 0.3) is 0 Å². The highest BCUT2D eigenvalue weighted by Gasteiger charge is 2.04. The second-order valence-corrected chi connectivity index (χ2v) is 5.17. The van der Waals surface area contributed by atoms with E-state index in [-0.39, 0.29) is 11.9 Å². The van der Waals surface area contributed by atoms with E-state index in [1.165, 1.54) is 10.4 Å². The normalized spacial score (nSPS) is 12.4. The van der Waals surface area contributed by atoms with Crippen molar-refractivity contribution in [2.75, 3.05) is 0 Å². The van der Waals surface area contributed by atoms with Crippen molar-refractivity contribution < 1.29 is 4.79 Å². The highest BCUT2D eigenvalue weighted by Crippen LogP contribution is 2.14. The molecule has 3 nitrogen and oxygen atoms in total. The molecule has 1 amide bonds. The Balaban J connectivity index is 2.18. The maximum atomic E-state index is 11.5. The van der Waals surface area contributed by atoms with Crippen LogP contribution in [-0.2, 0) is 11.3 Å². The monoisotopic (exact) mass is 240 g/mol. The highest BCUT2D eigenvalue weighted by molar-refractivity contribution is 7.10. The molecule has 3 N–H and O–H groups in total. The average Bonchev–Trinajstić information content (AvgIpc) is 2.60. The van der Waals surface area contributed by atoms with Crippen LogP contribution in [0.2, 0.25) is 0 Å². The molecule has 0 aliphatic carbocycles. The Morgan fingerprint density at radius 2 is 2.38 bits per heavy atom. The Hall–Kier alpha value is -0.870. The SMILES string of the molecule is Cc1ccsc1CNC(=O)CCCC(C)N. The zero-order chi connectivity index (χ0) is 12.0. The zero-order valence-electron chi connectivity index (χ0n) is 9.95. The fourth-order valence-electron chi connectivity index (χ4n) is 1.44. The first-order chi connectivity index (χ1) is 7.59. The van der Waals surface area contributed by atoms with E-state index in [0.717, 1.165) is 12.8 Å². The predicted molar refractivity (Wildman–Crippen MR) is 68.4 cm³/mol. The molecule has 1 aromatic heterocycles. The quantitative estimate of drug-likeness (QED) is 0.801. The minimum Gasteiger partial charge on any atom is -0.351 e. The van der Waals surface area contributed by atoms with Gasteiger partial charge in [-0.2, -0.15) is 0 Å². The number of hydrogen-bond acceptors (Lipinski definition) is 3. The van der Waals surface area contributed by atoms with Gasteiger partial charge in [-0.05, 0) is 43.7 Å². The van der Waals surface area contributed by atoms with Crippen molar-refractivity contribution in [3.8, 4) is 0 Å². The van der Waals surface area contributed by atoms with Gasteiger partial charge in [0.2, 0.25) is 5.91 Å². The molecule has 1 heterocycles. The van der Waals surface area contributed by atoms with Crippen LogP contribution < -0.4 is 11.1 Å². The van der Waals surface area contributed by atoms with E-state index in [2.05, 4.69) is 18.3 Å². The lowest BCUT2D eigenvalue weighted by atomic mass is 10.1. The van der Waals surface area contributed by atoms with Crippen LogP contribution in [-0.4, -0.2) is 11.9 Å². The molecule has 1 unspecified atom stereocenters. The third-order valence-corrected chi connectivity index (χ3v) is 3.50. The highest BCUT2D eigenvalue weighted by atomic mass is 32.1. The third kappa shape index (κ3) is 4.77. The van der Waals surface area contributed by atoms with Gasteiger partial charge in [0, 0.05) is 17.3 Å². The summed E-state index contributed by atoms with van der Waals surface area (Å²) in [5.41, 5.74) is 6.87. The molecule has 1 aromatic rings. The van der Waals surface area contributed by atoms with E-state index >= 15 is 0 Å². The number of nitrogens with two attached hydrogens (primary N) is 1. The van der Waals surface area contributed by atoms with E-state index in [9.17, 15) is 4.79 Å². The molecular weight excluding hydrogens is 220 g/mol. The van der Waals surface area contributed by atoms with Crippen molar-refractivity contribution in [1.29, 1.82) is 0 Å². The largest absolute Gasteiger partial charge is 0.351 e. The first-order valence-corrected chi connectivity index (χ1v) is 6.53. The summed E-state index contributed by atoms with van der Waals surface area (Å²) in [5, 5.41) is 4.98. The number of rotatable bonds is 6. The van der Waals surface area contributed by atoms with Gasteiger partial charge in [-0.25, -0.2) is 0 Å². The number of carbonyl (C=O) groups is 1. The van der Waals surface area contributed by atoms with Gasteiger partial charge in [0.05, 0.1) is 6.54 Å². The topological polar surface area (TPSA) is 55.1 Å². The predicted octanol–water partition coefficient (Wildman–Crippen LogP) is 2.19. The molecule has 0 radical (unpaired) electrons. The molecule has 0 aromatic carbocycles. The number of thiophene rings is 1. The molecular formula is C12H20N2OS. The van der Waals surface area contributed by atoms with Crippen LogP contribution in [0.25, 0.3) is 0 Å². The molecule has 1 rings (SSSR count). The summed E-state index contributed by atoms with van der Waals surface area (Å²) in [7, 11) is 0. The van der Waals surface area contributed by atoms with Crippen molar-refractivity contribution in [2.45, 2.75) is 45.7 Å². The summed E-state index contributed by atoms with van der Waals surface area (Å²) < 4.78 is 0. The van der Waals surface area contributed by atoms with Gasteiger partial charge >= 0.3 is 0 Å². The summed E-state index contributed by atoms with van der Waals surface area (Å²) in [6, 6.07) is 2.26. The number of aryl methyl sites for hydroxylation is 1. The molecule has 0 bridgehead atoms. The molecule has 0 saturated heterocycles. The Labute approximate surface area is 101 Å². The lowest BCUT2D eigenvalue weighted by molar-refractivity contribution is -0.121. The van der Waals surface area contributed by atoms with Gasteiger partial charge in [-0.3, -0.25) is 4.79 Å². The van der Waals surface area contributed by atoms with Crippen molar-refractivity contribution in [2.24, 2.45) is 5.73 Å². The Morgan fingerprint density at radius 3 is 2.94 bits per heavy atom. The molecule has 16 heavy (non-hydrogen) atoms. The van der Waals surface area contributed by atoms with E-state index in [1.54, 1.807) is 11.3 Å². The van der Waals surface area contributed by atoms with Gasteiger partial charge in [-0.15, -0.1) is 11.3 Å². The first-order valence-electron chi connectivity index (χ1n) is 5.65. The van der Waals surface area contributed by atoms with Crippen molar-refractivity contribution in [3.05, 3.63) is 21.9 Å². The summed E-state index contributed by atoms with van der Waals surface area (Å²) in [5.74, 6) is 0.119. The molecule has 0 aliphatic heterocycles. The Kier molecular flexibility index (Phi) is 5.49. The van der Waals surface area contributed by atoms with Crippen LogP contribution in [0.5, 0.6) is 0 Å². The number of nitrogens with one attached hydrogen (secondary N) is 1. The number of hydrogen-bond donors (Lipinski definition) is 2. The van der Waals surface area contributed by atoms with E-state index in [0.29, 0.717) is 13.0 Å². The maximum Gasteiger partial charge on any atom is 0.220 e. The standard InChI is InChI=1S/C12H20N2OS/c1-9-6-7-16-11(9)8-14-12(15)5-3-4-10(2)13/h6-7,10H,3-5,8,13H2,1-2H3,(H,14,15). The molecule has 0 aliphatic rings. The molecule has 4 heteroatoms. The number of carbonyl (C=O) groups excluding carboxylic acids is 1. The van der Waals surface area contributed by atoms with Crippen molar-refractivity contribution in [1.82, 2.24) is 5.32 Å². The lowest BCUT2D eigenvalue weighted by Crippen LogP contribution is -2.23. The lowest BCUT2D eigenvalue weighted by Gasteiger charge is -2.06. The Morgan fingerprint density at radius 1 is 1.62 bits per heavy atom. The van der Waals surface area contributed by atoms with Crippen LogP contribution in [0, 0.1) is 6.92 Å². The van der Waals surface area contributed by atoms with Crippen LogP contribution in [0.15, 0.2) is 11.4 Å². The summed E-state index contributed by atoms with van der Waals surface area (Å²) >= 11 is 1.69. The summed E-state index contributed by atoms with van der Waals surface area (Å²) in [4.78, 5) is 12.7. The van der Waals surface area contributed by atoms with E-state index < -0.39 is 0 Å². The zero-order valence-corrected chi connectivity index (χ0v) is 10.8. The van der Waals surface area contributed by atoms with E-state index in [4.69, 9.17) is 5.73 Å². The minimum absolute atomic E-state index is 0.119. The first kappa shape index (κ1) is 13.2. The second kappa shape index (κ2) is 6.66. The smallest absolute Gasteiger partial charge is 0.220 e. The third-order valence-electron chi connectivity index (χ3n) is 2.48. The van der Waals surface area contributed by atoms with Gasteiger partial charge < -0.3 is 11.1 Å². The van der Waals surface area contributed by atoms with Crippen LogP contribution in [0.1, 0.15) is 36.6 Å². The van der Waals surface area contributed by atoms with Gasteiger partial charge in [0.15, 0.2) is 0 Å². The van der Waals surface area contributed by atoms with Crippen molar-refractivity contribution >= 4 is 17.2 Å². The number of amides is 1. The van der Waals surface area contributed by atoms with Crippen LogP contribution in [0.4, 0.5) is 0 Å². The van der Waals surface area contributed by atoms with Crippen molar-refractivity contribution in [3.63, 3.8) is 0 Å². The molecule has 1 atom stereocenters. The fraction of sp³-hybridized carbons (Fsp3) is 0.583. The van der Waals surface area contributed by atoms with Crippen LogP contribution in [0.3, 0.4) is 0 Å². The summed E-state index contributed by atoms with van der Waals surface area (Å²) in [6.45, 7) is 4.68. The second-order valence-electron chi connectivity index (χ2n) is 4.17. The van der Waals surface area contributed by atoms with Crippen LogP contribution >= 0.6 is 11.3 Å². The van der Waals surface area contributed by atoms with Gasteiger partial charge in [0.1, 0.15) is 0 Å². The molecule has 0 fully saturated rings. The fourth-order valence-corrected chi connectivity index (χ4v) is 2.28. The molecule has 0 spiro atoms. The molecule has 0 saturated carbocycles. The summed E-state index contributed by atoms with van der Waals surface area (Å²) in [6.07, 6.45) is 2.35. The Bertz CT molecular complexity index is 334. The van der Waals surface area contributed by atoms with Gasteiger partial charge in [-0.1, -0.05) is 0 Å². The minimum atomic E-state index is 0.119. The van der Waals surface area contributed by atoms with E-state index in [1.807, 2.05) is 12.3 Å². The maximum absolute atomic E-state index is 11.5. The molecule has 90 valence electrons.